The molecule has 1 fully saturated rings. The molecule has 0 bridgehead atoms. The molecule has 0 saturated carbocycles. The number of halogens is 1. The lowest BCUT2D eigenvalue weighted by Crippen LogP contribution is -2.25. The molecule has 0 spiro atoms. The van der Waals surface area contributed by atoms with Gasteiger partial charge in [0.05, 0.1) is 6.54 Å². The van der Waals surface area contributed by atoms with Crippen molar-refractivity contribution in [3.8, 4) is 11.3 Å². The maximum Gasteiger partial charge on any atom is 0.134 e. The molecule has 0 unspecified atom stereocenters. The van der Waals surface area contributed by atoms with Crippen molar-refractivity contribution in [2.24, 2.45) is 5.92 Å². The molecule has 3 rings (SSSR count). The van der Waals surface area contributed by atoms with Gasteiger partial charge in [-0.25, -0.2) is 4.39 Å². The third-order valence-corrected chi connectivity index (χ3v) is 4.91. The van der Waals surface area contributed by atoms with Gasteiger partial charge in [-0.15, -0.1) is 0 Å². The summed E-state index contributed by atoms with van der Waals surface area (Å²) in [4.78, 5) is 0. The second-order valence-corrected chi connectivity index (χ2v) is 6.68. The van der Waals surface area contributed by atoms with Crippen molar-refractivity contribution in [3.05, 3.63) is 48.0 Å². The first-order chi connectivity index (χ1) is 10.3. The van der Waals surface area contributed by atoms with E-state index in [2.05, 4.69) is 17.1 Å². The number of furan rings is 1. The SMILES string of the molecule is Fc1ccc(-c2ccc(CNCC3CCSCC3)o2)cc1. The van der Waals surface area contributed by atoms with Crippen molar-refractivity contribution in [2.75, 3.05) is 18.1 Å². The van der Waals surface area contributed by atoms with Crippen molar-refractivity contribution in [2.45, 2.75) is 19.4 Å². The second-order valence-electron chi connectivity index (χ2n) is 5.46. The third-order valence-electron chi connectivity index (χ3n) is 3.86. The average molecular weight is 305 g/mol. The predicted octanol–water partition coefficient (Wildman–Crippen LogP) is 4.32. The van der Waals surface area contributed by atoms with Gasteiger partial charge < -0.3 is 9.73 Å². The van der Waals surface area contributed by atoms with E-state index in [1.54, 1.807) is 12.1 Å². The summed E-state index contributed by atoms with van der Waals surface area (Å²) in [7, 11) is 0. The van der Waals surface area contributed by atoms with E-state index in [1.807, 2.05) is 12.1 Å². The topological polar surface area (TPSA) is 25.2 Å². The molecular weight excluding hydrogens is 285 g/mol. The van der Waals surface area contributed by atoms with Crippen molar-refractivity contribution in [1.29, 1.82) is 0 Å². The van der Waals surface area contributed by atoms with Crippen LogP contribution in [-0.4, -0.2) is 18.1 Å². The van der Waals surface area contributed by atoms with Crippen LogP contribution in [0.1, 0.15) is 18.6 Å². The van der Waals surface area contributed by atoms with Crippen LogP contribution in [0.25, 0.3) is 11.3 Å². The Hall–Kier alpha value is -1.26. The number of rotatable bonds is 5. The van der Waals surface area contributed by atoms with E-state index in [4.69, 9.17) is 4.42 Å². The quantitative estimate of drug-likeness (QED) is 0.890. The largest absolute Gasteiger partial charge is 0.460 e. The van der Waals surface area contributed by atoms with Crippen molar-refractivity contribution >= 4 is 11.8 Å². The number of hydrogen-bond acceptors (Lipinski definition) is 3. The normalized spacial score (nSPS) is 16.2. The Morgan fingerprint density at radius 1 is 1.10 bits per heavy atom. The van der Waals surface area contributed by atoms with Crippen molar-refractivity contribution in [1.82, 2.24) is 5.32 Å². The van der Waals surface area contributed by atoms with E-state index >= 15 is 0 Å². The molecular formula is C17H20FNOS. The first-order valence-electron chi connectivity index (χ1n) is 7.44. The summed E-state index contributed by atoms with van der Waals surface area (Å²) in [6, 6.07) is 10.3. The molecule has 112 valence electrons. The van der Waals surface area contributed by atoms with Crippen LogP contribution < -0.4 is 5.32 Å². The Labute approximate surface area is 129 Å². The minimum absolute atomic E-state index is 0.224. The highest BCUT2D eigenvalue weighted by molar-refractivity contribution is 7.99. The van der Waals surface area contributed by atoms with Gasteiger partial charge >= 0.3 is 0 Å². The third kappa shape index (κ3) is 4.11. The predicted molar refractivity (Wildman–Crippen MR) is 85.9 cm³/mol. The Morgan fingerprint density at radius 2 is 1.86 bits per heavy atom. The average Bonchev–Trinajstić information content (AvgIpc) is 2.98. The molecule has 21 heavy (non-hydrogen) atoms. The fourth-order valence-corrected chi connectivity index (χ4v) is 3.80. The summed E-state index contributed by atoms with van der Waals surface area (Å²) in [5.41, 5.74) is 0.909. The molecule has 1 saturated heterocycles. The Morgan fingerprint density at radius 3 is 2.62 bits per heavy atom. The fourth-order valence-electron chi connectivity index (χ4n) is 2.59. The molecule has 2 heterocycles. The number of nitrogens with one attached hydrogen (secondary N) is 1. The second kappa shape index (κ2) is 7.14. The van der Waals surface area contributed by atoms with Gasteiger partial charge in [0.25, 0.3) is 0 Å². The minimum Gasteiger partial charge on any atom is -0.460 e. The van der Waals surface area contributed by atoms with Gasteiger partial charge in [-0.05, 0) is 73.2 Å². The number of benzene rings is 1. The van der Waals surface area contributed by atoms with Crippen LogP contribution in [0.5, 0.6) is 0 Å². The van der Waals surface area contributed by atoms with Gasteiger partial charge in [-0.2, -0.15) is 11.8 Å². The highest BCUT2D eigenvalue weighted by Gasteiger charge is 2.13. The number of thioether (sulfide) groups is 1. The zero-order chi connectivity index (χ0) is 14.5. The zero-order valence-corrected chi connectivity index (χ0v) is 12.8. The minimum atomic E-state index is -0.224. The van der Waals surface area contributed by atoms with Gasteiger partial charge in [-0.3, -0.25) is 0 Å². The van der Waals surface area contributed by atoms with E-state index in [-0.39, 0.29) is 5.82 Å². The monoisotopic (exact) mass is 305 g/mol. The van der Waals surface area contributed by atoms with Crippen molar-refractivity contribution < 1.29 is 8.81 Å². The summed E-state index contributed by atoms with van der Waals surface area (Å²) < 4.78 is 18.7. The molecule has 1 aromatic heterocycles. The molecule has 1 aliphatic heterocycles. The van der Waals surface area contributed by atoms with Gasteiger partial charge in [0.1, 0.15) is 17.3 Å². The van der Waals surface area contributed by atoms with E-state index < -0.39 is 0 Å². The van der Waals surface area contributed by atoms with Gasteiger partial charge in [-0.1, -0.05) is 0 Å². The Kier molecular flexibility index (Phi) is 4.99. The van der Waals surface area contributed by atoms with Crippen LogP contribution in [-0.2, 0) is 6.54 Å². The molecule has 2 nitrogen and oxygen atoms in total. The lowest BCUT2D eigenvalue weighted by molar-refractivity contribution is 0.424. The van der Waals surface area contributed by atoms with E-state index in [9.17, 15) is 4.39 Å². The molecule has 0 amide bonds. The van der Waals surface area contributed by atoms with Crippen LogP contribution in [0, 0.1) is 11.7 Å². The molecule has 0 aliphatic carbocycles. The summed E-state index contributed by atoms with van der Waals surface area (Å²) in [5.74, 6) is 4.89. The Balaban J connectivity index is 1.51. The Bertz CT molecular complexity index is 560. The van der Waals surface area contributed by atoms with Gasteiger partial charge in [0, 0.05) is 5.56 Å². The first kappa shape index (κ1) is 14.7. The lowest BCUT2D eigenvalue weighted by Gasteiger charge is -2.21. The molecule has 1 aliphatic rings. The fraction of sp³-hybridized carbons (Fsp3) is 0.412. The zero-order valence-electron chi connectivity index (χ0n) is 12.0. The highest BCUT2D eigenvalue weighted by Crippen LogP contribution is 2.23. The molecule has 0 radical (unpaired) electrons. The van der Waals surface area contributed by atoms with Crippen LogP contribution in [0.15, 0.2) is 40.8 Å². The summed E-state index contributed by atoms with van der Waals surface area (Å²) in [5, 5.41) is 3.48. The highest BCUT2D eigenvalue weighted by atomic mass is 32.2. The summed E-state index contributed by atoms with van der Waals surface area (Å²) in [6.45, 7) is 1.82. The van der Waals surface area contributed by atoms with Gasteiger partial charge in [0.2, 0.25) is 0 Å². The first-order valence-corrected chi connectivity index (χ1v) is 8.60. The van der Waals surface area contributed by atoms with Crippen LogP contribution in [0.4, 0.5) is 4.39 Å². The van der Waals surface area contributed by atoms with Crippen molar-refractivity contribution in [3.63, 3.8) is 0 Å². The molecule has 4 heteroatoms. The van der Waals surface area contributed by atoms with Crippen LogP contribution >= 0.6 is 11.8 Å². The molecule has 2 aromatic rings. The lowest BCUT2D eigenvalue weighted by atomic mass is 10.0. The van der Waals surface area contributed by atoms with E-state index in [0.717, 1.165) is 36.1 Å². The summed E-state index contributed by atoms with van der Waals surface area (Å²) in [6.07, 6.45) is 2.63. The van der Waals surface area contributed by atoms with E-state index in [0.29, 0.717) is 0 Å². The molecule has 0 atom stereocenters. The maximum absolute atomic E-state index is 12.9. The molecule has 1 aromatic carbocycles. The van der Waals surface area contributed by atoms with Crippen LogP contribution in [0.2, 0.25) is 0 Å². The number of hydrogen-bond donors (Lipinski definition) is 1. The van der Waals surface area contributed by atoms with E-state index in [1.165, 1.54) is 36.5 Å². The maximum atomic E-state index is 12.9. The van der Waals surface area contributed by atoms with Gasteiger partial charge in [0.15, 0.2) is 0 Å². The summed E-state index contributed by atoms with van der Waals surface area (Å²) >= 11 is 2.06. The molecule has 1 N–H and O–H groups in total. The smallest absolute Gasteiger partial charge is 0.134 e. The standard InChI is InChI=1S/C17H20FNOS/c18-15-3-1-14(2-4-15)17-6-5-16(20-17)12-19-11-13-7-9-21-10-8-13/h1-6,13,19H,7-12H2. The van der Waals surface area contributed by atoms with Crippen LogP contribution in [0.3, 0.4) is 0 Å².